The van der Waals surface area contributed by atoms with Crippen molar-refractivity contribution in [3.05, 3.63) is 75.3 Å². The van der Waals surface area contributed by atoms with Gasteiger partial charge in [-0.1, -0.05) is 44.2 Å². The number of hydrogen-bond donors (Lipinski definition) is 3. The molecule has 2 atom stereocenters. The summed E-state index contributed by atoms with van der Waals surface area (Å²) in [6, 6.07) is 10.7. The highest BCUT2D eigenvalue weighted by atomic mass is 16.6. The largest absolute Gasteiger partial charge is 0.480 e. The SMILES string of the molecule is CC(C)C[C@H](NC(CCN1C(=O)c2ccc([N+](=O)[O-])cc2C1=O)C(=O)O)C(=O)NCc1ccccc1. The molecule has 0 aromatic heterocycles. The third-order valence-electron chi connectivity index (χ3n) is 5.84. The van der Waals surface area contributed by atoms with Crippen LogP contribution in [0.25, 0.3) is 0 Å². The van der Waals surface area contributed by atoms with Crippen molar-refractivity contribution in [3.8, 4) is 0 Å². The number of amides is 3. The first-order chi connectivity index (χ1) is 17.1. The Kier molecular flexibility index (Phi) is 8.49. The number of aliphatic carboxylic acids is 1. The highest BCUT2D eigenvalue weighted by molar-refractivity contribution is 6.21. The normalized spacial score (nSPS) is 14.5. The van der Waals surface area contributed by atoms with E-state index >= 15 is 0 Å². The van der Waals surface area contributed by atoms with Crippen molar-refractivity contribution in [1.82, 2.24) is 15.5 Å². The Bertz CT molecular complexity index is 1170. The number of imide groups is 1. The van der Waals surface area contributed by atoms with Gasteiger partial charge in [0.1, 0.15) is 6.04 Å². The summed E-state index contributed by atoms with van der Waals surface area (Å²) in [5.74, 6) is -2.86. The lowest BCUT2D eigenvalue weighted by atomic mass is 10.0. The average molecular weight is 497 g/mol. The molecule has 3 N–H and O–H groups in total. The molecule has 3 amide bonds. The van der Waals surface area contributed by atoms with Crippen LogP contribution in [-0.2, 0) is 16.1 Å². The van der Waals surface area contributed by atoms with E-state index in [4.69, 9.17) is 0 Å². The topological polar surface area (TPSA) is 159 Å². The number of nitro benzene ring substituents is 1. The van der Waals surface area contributed by atoms with E-state index in [9.17, 15) is 34.4 Å². The van der Waals surface area contributed by atoms with E-state index in [1.54, 1.807) is 0 Å². The molecule has 0 fully saturated rings. The quantitative estimate of drug-likeness (QED) is 0.229. The highest BCUT2D eigenvalue weighted by Gasteiger charge is 2.37. The summed E-state index contributed by atoms with van der Waals surface area (Å²) < 4.78 is 0. The van der Waals surface area contributed by atoms with Crippen LogP contribution in [0.4, 0.5) is 5.69 Å². The van der Waals surface area contributed by atoms with Gasteiger partial charge in [0.2, 0.25) is 5.91 Å². The zero-order valence-electron chi connectivity index (χ0n) is 20.0. The fourth-order valence-electron chi connectivity index (χ4n) is 4.00. The van der Waals surface area contributed by atoms with Gasteiger partial charge in [0.05, 0.1) is 22.1 Å². The summed E-state index contributed by atoms with van der Waals surface area (Å²) in [6.45, 7) is 3.87. The molecule has 1 aliphatic heterocycles. The third-order valence-corrected chi connectivity index (χ3v) is 5.84. The van der Waals surface area contributed by atoms with Crippen LogP contribution in [0.15, 0.2) is 48.5 Å². The summed E-state index contributed by atoms with van der Waals surface area (Å²) in [5, 5.41) is 26.5. The first kappa shape index (κ1) is 26.5. The van der Waals surface area contributed by atoms with Crippen molar-refractivity contribution in [2.24, 2.45) is 5.92 Å². The maximum atomic E-state index is 12.9. The zero-order valence-corrected chi connectivity index (χ0v) is 20.0. The smallest absolute Gasteiger partial charge is 0.320 e. The number of carbonyl (C=O) groups is 4. The first-order valence-electron chi connectivity index (χ1n) is 11.5. The predicted molar refractivity (Wildman–Crippen MR) is 129 cm³/mol. The fourth-order valence-corrected chi connectivity index (χ4v) is 4.00. The molecule has 0 bridgehead atoms. The molecule has 0 spiro atoms. The van der Waals surface area contributed by atoms with Gasteiger partial charge in [0, 0.05) is 25.2 Å². The van der Waals surface area contributed by atoms with Crippen LogP contribution in [-0.4, -0.2) is 57.2 Å². The van der Waals surface area contributed by atoms with Crippen molar-refractivity contribution in [2.75, 3.05) is 6.54 Å². The molecule has 3 rings (SSSR count). The van der Waals surface area contributed by atoms with E-state index < -0.39 is 34.8 Å². The molecule has 11 nitrogen and oxygen atoms in total. The van der Waals surface area contributed by atoms with Gasteiger partial charge in [-0.15, -0.1) is 0 Å². The Labute approximate surface area is 207 Å². The number of carboxylic acid groups (broad SMARTS) is 1. The van der Waals surface area contributed by atoms with Gasteiger partial charge in [-0.3, -0.25) is 39.5 Å². The predicted octanol–water partition coefficient (Wildman–Crippen LogP) is 2.35. The molecule has 36 heavy (non-hydrogen) atoms. The van der Waals surface area contributed by atoms with Crippen LogP contribution < -0.4 is 10.6 Å². The molecule has 190 valence electrons. The van der Waals surface area contributed by atoms with Crippen molar-refractivity contribution in [3.63, 3.8) is 0 Å². The van der Waals surface area contributed by atoms with E-state index in [1.807, 2.05) is 44.2 Å². The fraction of sp³-hybridized carbons (Fsp3) is 0.360. The van der Waals surface area contributed by atoms with Gasteiger partial charge in [0.15, 0.2) is 0 Å². The summed E-state index contributed by atoms with van der Waals surface area (Å²) in [7, 11) is 0. The van der Waals surface area contributed by atoms with E-state index in [-0.39, 0.29) is 48.1 Å². The van der Waals surface area contributed by atoms with Crippen LogP contribution in [0.5, 0.6) is 0 Å². The number of hydrogen-bond acceptors (Lipinski definition) is 7. The molecular formula is C25H28N4O7. The van der Waals surface area contributed by atoms with Gasteiger partial charge in [-0.05, 0) is 30.4 Å². The Balaban J connectivity index is 1.67. The monoisotopic (exact) mass is 496 g/mol. The molecule has 2 aromatic carbocycles. The minimum Gasteiger partial charge on any atom is -0.480 e. The molecule has 0 aliphatic carbocycles. The second-order valence-corrected chi connectivity index (χ2v) is 8.98. The number of non-ortho nitro benzene ring substituents is 1. The van der Waals surface area contributed by atoms with Crippen molar-refractivity contribution in [1.29, 1.82) is 0 Å². The van der Waals surface area contributed by atoms with Crippen molar-refractivity contribution < 1.29 is 29.2 Å². The maximum Gasteiger partial charge on any atom is 0.320 e. The Morgan fingerprint density at radius 1 is 1.03 bits per heavy atom. The first-order valence-corrected chi connectivity index (χ1v) is 11.5. The Morgan fingerprint density at radius 3 is 2.31 bits per heavy atom. The number of nitrogens with one attached hydrogen (secondary N) is 2. The summed E-state index contributed by atoms with van der Waals surface area (Å²) in [6.07, 6.45) is 0.227. The second-order valence-electron chi connectivity index (χ2n) is 8.98. The van der Waals surface area contributed by atoms with Crippen LogP contribution in [0.1, 0.15) is 53.0 Å². The standard InChI is InChI=1S/C25H28N4O7/c1-15(2)12-21(22(30)26-14-16-6-4-3-5-7-16)27-20(25(33)34)10-11-28-23(31)18-9-8-17(29(35)36)13-19(18)24(28)32/h3-9,13,15,20-21,27H,10-12,14H2,1-2H3,(H,26,30)(H,33,34)/t20?,21-/m0/s1. The molecule has 1 aliphatic rings. The molecule has 0 radical (unpaired) electrons. The van der Waals surface area contributed by atoms with Gasteiger partial charge in [-0.2, -0.15) is 0 Å². The molecular weight excluding hydrogens is 468 g/mol. The van der Waals surface area contributed by atoms with Crippen LogP contribution in [0.3, 0.4) is 0 Å². The van der Waals surface area contributed by atoms with Crippen molar-refractivity contribution >= 4 is 29.4 Å². The average Bonchev–Trinajstić information content (AvgIpc) is 3.08. The van der Waals surface area contributed by atoms with Gasteiger partial charge in [0.25, 0.3) is 17.5 Å². The van der Waals surface area contributed by atoms with E-state index in [0.717, 1.165) is 22.6 Å². The Hall–Kier alpha value is -4.12. The lowest BCUT2D eigenvalue weighted by Gasteiger charge is -2.25. The molecule has 1 heterocycles. The van der Waals surface area contributed by atoms with Crippen LogP contribution in [0.2, 0.25) is 0 Å². The third kappa shape index (κ3) is 6.30. The van der Waals surface area contributed by atoms with Gasteiger partial charge < -0.3 is 10.4 Å². The van der Waals surface area contributed by atoms with E-state index in [2.05, 4.69) is 10.6 Å². The lowest BCUT2D eigenvalue weighted by molar-refractivity contribution is -0.384. The second kappa shape index (κ2) is 11.5. The van der Waals surface area contributed by atoms with Crippen LogP contribution in [0, 0.1) is 16.0 Å². The minimum absolute atomic E-state index is 0.0309. The van der Waals surface area contributed by atoms with Gasteiger partial charge in [-0.25, -0.2) is 0 Å². The number of carbonyl (C=O) groups excluding carboxylic acids is 3. The number of benzene rings is 2. The summed E-state index contributed by atoms with van der Waals surface area (Å²) >= 11 is 0. The molecule has 0 saturated heterocycles. The van der Waals surface area contributed by atoms with Crippen LogP contribution >= 0.6 is 0 Å². The lowest BCUT2D eigenvalue weighted by Crippen LogP contribution is -2.52. The van der Waals surface area contributed by atoms with Crippen molar-refractivity contribution in [2.45, 2.75) is 45.3 Å². The molecule has 2 aromatic rings. The molecule has 11 heteroatoms. The highest BCUT2D eigenvalue weighted by Crippen LogP contribution is 2.27. The zero-order chi connectivity index (χ0) is 26.4. The summed E-state index contributed by atoms with van der Waals surface area (Å²) in [4.78, 5) is 61.4. The number of rotatable bonds is 12. The number of nitrogens with zero attached hydrogens (tertiary/aromatic N) is 2. The molecule has 0 saturated carbocycles. The summed E-state index contributed by atoms with van der Waals surface area (Å²) in [5.41, 5.74) is 0.519. The Morgan fingerprint density at radius 2 is 1.69 bits per heavy atom. The number of nitro groups is 1. The minimum atomic E-state index is -1.23. The number of carboxylic acids is 1. The molecule has 1 unspecified atom stereocenters. The van der Waals surface area contributed by atoms with E-state index in [1.165, 1.54) is 6.07 Å². The number of fused-ring (bicyclic) bond motifs is 1. The van der Waals surface area contributed by atoms with E-state index in [0.29, 0.717) is 6.42 Å². The van der Waals surface area contributed by atoms with Gasteiger partial charge >= 0.3 is 5.97 Å². The maximum absolute atomic E-state index is 12.9.